The predicted octanol–water partition coefficient (Wildman–Crippen LogP) is 3.09. The molecule has 0 fully saturated rings. The number of halogens is 1. The van der Waals surface area contributed by atoms with Gasteiger partial charge in [-0.3, -0.25) is 4.72 Å². The van der Waals surface area contributed by atoms with Crippen molar-refractivity contribution in [2.45, 2.75) is 18.4 Å². The molecule has 21 heavy (non-hydrogen) atoms. The molecule has 2 rings (SSSR count). The minimum atomic E-state index is -3.71. The Kier molecular flexibility index (Phi) is 4.92. The monoisotopic (exact) mass is 390 g/mol. The van der Waals surface area contributed by atoms with Crippen LogP contribution in [-0.2, 0) is 16.6 Å². The van der Waals surface area contributed by atoms with E-state index in [-0.39, 0.29) is 11.4 Å². The molecule has 0 spiro atoms. The molecule has 0 saturated heterocycles. The number of hydrogen-bond donors (Lipinski definition) is 2. The zero-order chi connectivity index (χ0) is 15.6. The van der Waals surface area contributed by atoms with E-state index >= 15 is 0 Å². The van der Waals surface area contributed by atoms with Crippen LogP contribution in [0.4, 0.5) is 5.69 Å². The number of rotatable bonds is 5. The first-order chi connectivity index (χ1) is 9.89. The van der Waals surface area contributed by atoms with Crippen molar-refractivity contribution in [3.8, 4) is 5.75 Å². The van der Waals surface area contributed by atoms with Crippen molar-refractivity contribution in [2.24, 2.45) is 5.73 Å². The summed E-state index contributed by atoms with van der Waals surface area (Å²) in [6, 6.07) is 5.12. The molecule has 0 atom stereocenters. The van der Waals surface area contributed by atoms with Crippen LogP contribution in [-0.4, -0.2) is 15.5 Å². The van der Waals surface area contributed by atoms with Crippen LogP contribution in [0.15, 0.2) is 32.9 Å². The first-order valence-electron chi connectivity index (χ1n) is 6.02. The molecular weight excluding hydrogens is 376 g/mol. The van der Waals surface area contributed by atoms with Crippen molar-refractivity contribution >= 4 is 43.0 Å². The van der Waals surface area contributed by atoms with Gasteiger partial charge in [0.2, 0.25) is 0 Å². The summed E-state index contributed by atoms with van der Waals surface area (Å²) in [5.74, 6) is 0.448. The summed E-state index contributed by atoms with van der Waals surface area (Å²) in [7, 11) is -2.22. The third-order valence-electron chi connectivity index (χ3n) is 2.85. The van der Waals surface area contributed by atoms with E-state index in [0.717, 1.165) is 4.47 Å². The SMILES string of the molecule is COc1ccc(Br)cc1NS(=O)(=O)c1c(C)csc1CN. The van der Waals surface area contributed by atoms with Crippen LogP contribution in [0.25, 0.3) is 0 Å². The quantitative estimate of drug-likeness (QED) is 0.821. The largest absolute Gasteiger partial charge is 0.495 e. The number of hydrogen-bond acceptors (Lipinski definition) is 5. The molecule has 0 aliphatic carbocycles. The molecule has 1 aromatic heterocycles. The predicted molar refractivity (Wildman–Crippen MR) is 88.4 cm³/mol. The van der Waals surface area contributed by atoms with Crippen LogP contribution in [0.1, 0.15) is 10.4 Å². The van der Waals surface area contributed by atoms with Crippen molar-refractivity contribution in [1.29, 1.82) is 0 Å². The molecule has 1 aromatic carbocycles. The number of ether oxygens (including phenoxy) is 1. The van der Waals surface area contributed by atoms with Crippen LogP contribution in [0.2, 0.25) is 0 Å². The van der Waals surface area contributed by atoms with Crippen molar-refractivity contribution in [3.63, 3.8) is 0 Å². The standard InChI is InChI=1S/C13H15BrN2O3S2/c1-8-7-20-12(6-15)13(8)21(17,18)16-10-5-9(14)3-4-11(10)19-2/h3-5,7,16H,6,15H2,1-2H3. The second kappa shape index (κ2) is 6.35. The molecule has 8 heteroatoms. The lowest BCUT2D eigenvalue weighted by molar-refractivity contribution is 0.417. The van der Waals surface area contributed by atoms with E-state index < -0.39 is 10.0 Å². The molecule has 0 aliphatic heterocycles. The van der Waals surface area contributed by atoms with Crippen LogP contribution in [0.3, 0.4) is 0 Å². The van der Waals surface area contributed by atoms with Gasteiger partial charge >= 0.3 is 0 Å². The number of nitrogens with two attached hydrogens (primary N) is 1. The van der Waals surface area contributed by atoms with E-state index in [1.165, 1.54) is 18.4 Å². The van der Waals surface area contributed by atoms with Gasteiger partial charge in [0, 0.05) is 15.9 Å². The molecule has 0 amide bonds. The van der Waals surface area contributed by atoms with Gasteiger partial charge in [-0.15, -0.1) is 11.3 Å². The highest BCUT2D eigenvalue weighted by Crippen LogP contribution is 2.33. The first-order valence-corrected chi connectivity index (χ1v) is 9.18. The summed E-state index contributed by atoms with van der Waals surface area (Å²) in [6.45, 7) is 1.94. The van der Waals surface area contributed by atoms with Gasteiger partial charge in [-0.05, 0) is 36.1 Å². The summed E-state index contributed by atoms with van der Waals surface area (Å²) in [6.07, 6.45) is 0. The average molecular weight is 391 g/mol. The summed E-state index contributed by atoms with van der Waals surface area (Å²) in [5.41, 5.74) is 6.68. The summed E-state index contributed by atoms with van der Waals surface area (Å²) in [4.78, 5) is 0.881. The van der Waals surface area contributed by atoms with Crippen molar-refractivity contribution in [3.05, 3.63) is 38.5 Å². The lowest BCUT2D eigenvalue weighted by Gasteiger charge is -2.13. The van der Waals surface area contributed by atoms with Crippen molar-refractivity contribution in [2.75, 3.05) is 11.8 Å². The number of aryl methyl sites for hydroxylation is 1. The van der Waals surface area contributed by atoms with Gasteiger partial charge in [0.05, 0.1) is 12.8 Å². The van der Waals surface area contributed by atoms with Gasteiger partial charge in [-0.1, -0.05) is 15.9 Å². The number of benzene rings is 1. The van der Waals surface area contributed by atoms with E-state index in [1.54, 1.807) is 30.5 Å². The highest BCUT2D eigenvalue weighted by Gasteiger charge is 2.23. The Balaban J connectivity index is 2.47. The van der Waals surface area contributed by atoms with Crippen LogP contribution in [0, 0.1) is 6.92 Å². The third kappa shape index (κ3) is 3.39. The van der Waals surface area contributed by atoms with Crippen molar-refractivity contribution in [1.82, 2.24) is 0 Å². The molecule has 1 heterocycles. The van der Waals surface area contributed by atoms with Gasteiger partial charge < -0.3 is 10.5 Å². The van der Waals surface area contributed by atoms with Gasteiger partial charge in [-0.25, -0.2) is 8.42 Å². The third-order valence-corrected chi connectivity index (χ3v) is 6.19. The molecule has 0 saturated carbocycles. The minimum absolute atomic E-state index is 0.185. The van der Waals surface area contributed by atoms with Gasteiger partial charge in [0.15, 0.2) is 0 Å². The number of thiophene rings is 1. The van der Waals surface area contributed by atoms with Gasteiger partial charge in [-0.2, -0.15) is 0 Å². The fraction of sp³-hybridized carbons (Fsp3) is 0.231. The van der Waals surface area contributed by atoms with E-state index in [4.69, 9.17) is 10.5 Å². The second-order valence-electron chi connectivity index (χ2n) is 4.33. The van der Waals surface area contributed by atoms with E-state index in [1.807, 2.05) is 0 Å². The van der Waals surface area contributed by atoms with E-state index in [9.17, 15) is 8.42 Å². The van der Waals surface area contributed by atoms with Crippen molar-refractivity contribution < 1.29 is 13.2 Å². The minimum Gasteiger partial charge on any atom is -0.495 e. The molecule has 5 nitrogen and oxygen atoms in total. The molecule has 0 aliphatic rings. The average Bonchev–Trinajstić information content (AvgIpc) is 2.80. The Morgan fingerprint density at radius 3 is 2.76 bits per heavy atom. The normalized spacial score (nSPS) is 11.4. The zero-order valence-electron chi connectivity index (χ0n) is 11.5. The second-order valence-corrected chi connectivity index (χ2v) is 7.82. The highest BCUT2D eigenvalue weighted by molar-refractivity contribution is 9.10. The molecule has 0 radical (unpaired) electrons. The Morgan fingerprint density at radius 2 is 2.14 bits per heavy atom. The van der Waals surface area contributed by atoms with Crippen LogP contribution in [0.5, 0.6) is 5.75 Å². The first kappa shape index (κ1) is 16.3. The molecule has 0 unspecified atom stereocenters. The molecule has 2 aromatic rings. The summed E-state index contributed by atoms with van der Waals surface area (Å²) in [5, 5.41) is 1.79. The van der Waals surface area contributed by atoms with E-state index in [2.05, 4.69) is 20.7 Å². The lowest BCUT2D eigenvalue weighted by atomic mass is 10.3. The number of anilines is 1. The Labute approximate surface area is 136 Å². The highest BCUT2D eigenvalue weighted by atomic mass is 79.9. The smallest absolute Gasteiger partial charge is 0.263 e. The fourth-order valence-electron chi connectivity index (χ4n) is 1.94. The fourth-order valence-corrected chi connectivity index (χ4v) is 5.07. The maximum absolute atomic E-state index is 12.6. The Bertz CT molecular complexity index is 757. The number of sulfonamides is 1. The van der Waals surface area contributed by atoms with Crippen LogP contribution >= 0.6 is 27.3 Å². The number of methoxy groups -OCH3 is 1. The lowest BCUT2D eigenvalue weighted by Crippen LogP contribution is -2.16. The summed E-state index contributed by atoms with van der Waals surface area (Å²) < 4.78 is 33.7. The maximum atomic E-state index is 12.6. The van der Waals surface area contributed by atoms with Gasteiger partial charge in [0.25, 0.3) is 10.0 Å². The van der Waals surface area contributed by atoms with Crippen LogP contribution < -0.4 is 15.2 Å². The van der Waals surface area contributed by atoms with E-state index in [0.29, 0.717) is 21.9 Å². The maximum Gasteiger partial charge on any atom is 0.263 e. The topological polar surface area (TPSA) is 81.4 Å². The Hall–Kier alpha value is -1.09. The Morgan fingerprint density at radius 1 is 1.43 bits per heavy atom. The van der Waals surface area contributed by atoms with Gasteiger partial charge in [0.1, 0.15) is 10.6 Å². The molecule has 114 valence electrons. The molecule has 0 bridgehead atoms. The molecule has 3 N–H and O–H groups in total. The number of nitrogens with one attached hydrogen (secondary N) is 1. The molecular formula is C13H15BrN2O3S2. The zero-order valence-corrected chi connectivity index (χ0v) is 14.7. The summed E-state index contributed by atoms with van der Waals surface area (Å²) >= 11 is 4.66.